The molecular formula is C18H19Cl2NO5. The molecule has 0 saturated carbocycles. The Morgan fingerprint density at radius 3 is 2.23 bits per heavy atom. The second-order valence-corrected chi connectivity index (χ2v) is 5.94. The number of halogens is 2. The molecule has 0 heterocycles. The van der Waals surface area contributed by atoms with E-state index in [9.17, 15) is 4.79 Å². The Labute approximate surface area is 161 Å². The van der Waals surface area contributed by atoms with Gasteiger partial charge in [-0.25, -0.2) is 0 Å². The summed E-state index contributed by atoms with van der Waals surface area (Å²) in [6.07, 6.45) is 0. The van der Waals surface area contributed by atoms with Crippen LogP contribution in [0.3, 0.4) is 0 Å². The second-order valence-electron chi connectivity index (χ2n) is 5.15. The Kier molecular flexibility index (Phi) is 7.24. The van der Waals surface area contributed by atoms with Crippen molar-refractivity contribution < 1.29 is 23.7 Å². The summed E-state index contributed by atoms with van der Waals surface area (Å²) in [5, 5.41) is 3.38. The number of benzene rings is 2. The molecular weight excluding hydrogens is 381 g/mol. The van der Waals surface area contributed by atoms with Gasteiger partial charge in [0.1, 0.15) is 10.8 Å². The van der Waals surface area contributed by atoms with Gasteiger partial charge in [-0.1, -0.05) is 29.3 Å². The van der Waals surface area contributed by atoms with E-state index in [1.807, 2.05) is 0 Å². The highest BCUT2D eigenvalue weighted by Crippen LogP contribution is 2.38. The minimum Gasteiger partial charge on any atom is -0.493 e. The van der Waals surface area contributed by atoms with Gasteiger partial charge in [-0.15, -0.1) is 0 Å². The molecule has 0 radical (unpaired) electrons. The van der Waals surface area contributed by atoms with E-state index in [1.165, 1.54) is 21.3 Å². The maximum absolute atomic E-state index is 12.0. The maximum Gasteiger partial charge on any atom is 0.258 e. The summed E-state index contributed by atoms with van der Waals surface area (Å²) in [7, 11) is 4.59. The lowest BCUT2D eigenvalue weighted by Crippen LogP contribution is -2.28. The molecule has 0 aliphatic carbocycles. The van der Waals surface area contributed by atoms with Crippen LogP contribution in [0.25, 0.3) is 0 Å². The third kappa shape index (κ3) is 4.86. The molecule has 0 saturated heterocycles. The van der Waals surface area contributed by atoms with Crippen molar-refractivity contribution in [3.05, 3.63) is 45.9 Å². The Morgan fingerprint density at radius 2 is 1.65 bits per heavy atom. The van der Waals surface area contributed by atoms with Gasteiger partial charge in [0.15, 0.2) is 18.1 Å². The lowest BCUT2D eigenvalue weighted by molar-refractivity contribution is -0.123. The molecule has 0 fully saturated rings. The van der Waals surface area contributed by atoms with Gasteiger partial charge in [0, 0.05) is 6.54 Å². The van der Waals surface area contributed by atoms with E-state index in [1.54, 1.807) is 30.3 Å². The summed E-state index contributed by atoms with van der Waals surface area (Å²) < 4.78 is 21.2. The zero-order chi connectivity index (χ0) is 19.1. The summed E-state index contributed by atoms with van der Waals surface area (Å²) in [5.74, 6) is 1.55. The maximum atomic E-state index is 12.0. The van der Waals surface area contributed by atoms with E-state index in [0.29, 0.717) is 28.0 Å². The molecule has 2 aromatic carbocycles. The highest BCUT2D eigenvalue weighted by Gasteiger charge is 2.14. The normalized spacial score (nSPS) is 10.2. The highest BCUT2D eigenvalue weighted by atomic mass is 35.5. The first kappa shape index (κ1) is 20.0. The lowest BCUT2D eigenvalue weighted by atomic mass is 10.1. The number of nitrogens with one attached hydrogen (secondary N) is 1. The fourth-order valence-corrected chi connectivity index (χ4v) is 2.57. The van der Waals surface area contributed by atoms with Gasteiger partial charge in [-0.05, 0) is 29.8 Å². The molecule has 0 unspecified atom stereocenters. The van der Waals surface area contributed by atoms with Crippen LogP contribution in [-0.2, 0) is 11.3 Å². The van der Waals surface area contributed by atoms with E-state index in [4.69, 9.17) is 42.1 Å². The van der Waals surface area contributed by atoms with Crippen LogP contribution in [0.1, 0.15) is 5.56 Å². The van der Waals surface area contributed by atoms with Crippen molar-refractivity contribution in [1.29, 1.82) is 0 Å². The molecule has 1 amide bonds. The lowest BCUT2D eigenvalue weighted by Gasteiger charge is -2.14. The molecule has 0 atom stereocenters. The highest BCUT2D eigenvalue weighted by molar-refractivity contribution is 6.42. The van der Waals surface area contributed by atoms with E-state index in [2.05, 4.69) is 5.32 Å². The van der Waals surface area contributed by atoms with Crippen LogP contribution in [-0.4, -0.2) is 33.8 Å². The quantitative estimate of drug-likeness (QED) is 0.732. The van der Waals surface area contributed by atoms with Crippen molar-refractivity contribution in [2.24, 2.45) is 0 Å². The van der Waals surface area contributed by atoms with Crippen molar-refractivity contribution in [3.8, 4) is 23.0 Å². The molecule has 0 spiro atoms. The van der Waals surface area contributed by atoms with E-state index in [-0.39, 0.29) is 24.1 Å². The fraction of sp³-hybridized carbons (Fsp3) is 0.278. The Bertz CT molecular complexity index is 757. The summed E-state index contributed by atoms with van der Waals surface area (Å²) in [5.41, 5.74) is 0.786. The molecule has 26 heavy (non-hydrogen) atoms. The molecule has 0 aliphatic heterocycles. The van der Waals surface area contributed by atoms with Crippen LogP contribution in [0, 0.1) is 0 Å². The molecule has 8 heteroatoms. The summed E-state index contributed by atoms with van der Waals surface area (Å²) >= 11 is 11.9. The predicted molar refractivity (Wildman–Crippen MR) is 99.9 cm³/mol. The Balaban J connectivity index is 1.97. The monoisotopic (exact) mass is 399 g/mol. The molecule has 0 bridgehead atoms. The Hall–Kier alpha value is -2.31. The molecule has 2 rings (SSSR count). The van der Waals surface area contributed by atoms with Gasteiger partial charge in [-0.3, -0.25) is 4.79 Å². The van der Waals surface area contributed by atoms with Crippen LogP contribution in [0.4, 0.5) is 0 Å². The smallest absolute Gasteiger partial charge is 0.258 e. The molecule has 0 aliphatic rings. The largest absolute Gasteiger partial charge is 0.493 e. The van der Waals surface area contributed by atoms with Crippen molar-refractivity contribution in [2.45, 2.75) is 6.54 Å². The van der Waals surface area contributed by atoms with Gasteiger partial charge in [-0.2, -0.15) is 0 Å². The summed E-state index contributed by atoms with van der Waals surface area (Å²) in [6, 6.07) is 8.49. The average Bonchev–Trinajstić information content (AvgIpc) is 2.66. The van der Waals surface area contributed by atoms with Gasteiger partial charge < -0.3 is 24.3 Å². The average molecular weight is 400 g/mol. The second kappa shape index (κ2) is 9.40. The van der Waals surface area contributed by atoms with Gasteiger partial charge >= 0.3 is 0 Å². The fourth-order valence-electron chi connectivity index (χ4n) is 2.23. The van der Waals surface area contributed by atoms with Gasteiger partial charge in [0.2, 0.25) is 5.75 Å². The number of carbonyl (C=O) groups is 1. The molecule has 1 N–H and O–H groups in total. The van der Waals surface area contributed by atoms with Crippen LogP contribution in [0.15, 0.2) is 30.3 Å². The number of amides is 1. The van der Waals surface area contributed by atoms with E-state index in [0.717, 1.165) is 5.56 Å². The van der Waals surface area contributed by atoms with Crippen LogP contribution in [0.5, 0.6) is 23.0 Å². The third-order valence-electron chi connectivity index (χ3n) is 3.49. The van der Waals surface area contributed by atoms with Crippen molar-refractivity contribution >= 4 is 29.1 Å². The predicted octanol–water partition coefficient (Wildman–Crippen LogP) is 3.71. The van der Waals surface area contributed by atoms with Crippen LogP contribution in [0.2, 0.25) is 10.0 Å². The third-order valence-corrected chi connectivity index (χ3v) is 4.29. The molecule has 6 nitrogen and oxygen atoms in total. The first-order valence-electron chi connectivity index (χ1n) is 7.62. The van der Waals surface area contributed by atoms with Gasteiger partial charge in [0.05, 0.1) is 26.4 Å². The van der Waals surface area contributed by atoms with E-state index >= 15 is 0 Å². The number of hydrogen-bond acceptors (Lipinski definition) is 5. The SMILES string of the molecule is COc1cc(CNC(=O)COc2cccc(Cl)c2Cl)cc(OC)c1OC. The zero-order valence-corrected chi connectivity index (χ0v) is 16.1. The summed E-state index contributed by atoms with van der Waals surface area (Å²) in [6.45, 7) is 0.0761. The van der Waals surface area contributed by atoms with Crippen LogP contribution < -0.4 is 24.3 Å². The molecule has 2 aromatic rings. The minimum absolute atomic E-state index is 0.190. The molecule has 0 aromatic heterocycles. The van der Waals surface area contributed by atoms with Crippen molar-refractivity contribution in [3.63, 3.8) is 0 Å². The first-order chi connectivity index (χ1) is 12.5. The Morgan fingerprint density at radius 1 is 1.00 bits per heavy atom. The van der Waals surface area contributed by atoms with E-state index < -0.39 is 0 Å². The summed E-state index contributed by atoms with van der Waals surface area (Å²) in [4.78, 5) is 12.0. The minimum atomic E-state index is -0.310. The zero-order valence-electron chi connectivity index (χ0n) is 14.6. The number of ether oxygens (including phenoxy) is 4. The number of methoxy groups -OCH3 is 3. The molecule has 140 valence electrons. The topological polar surface area (TPSA) is 66.0 Å². The number of rotatable bonds is 8. The standard InChI is InChI=1S/C18H19Cl2NO5/c1-23-14-7-11(8-15(24-2)18(14)25-3)9-21-16(22)10-26-13-6-4-5-12(19)17(13)20/h4-8H,9-10H2,1-3H3,(H,21,22). The number of hydrogen-bond donors (Lipinski definition) is 1. The number of carbonyl (C=O) groups excluding carboxylic acids is 1. The van der Waals surface area contributed by atoms with Gasteiger partial charge in [0.25, 0.3) is 5.91 Å². The van der Waals surface area contributed by atoms with Crippen LogP contribution >= 0.6 is 23.2 Å². The van der Waals surface area contributed by atoms with Crippen molar-refractivity contribution in [2.75, 3.05) is 27.9 Å². The first-order valence-corrected chi connectivity index (χ1v) is 8.38. The van der Waals surface area contributed by atoms with Crippen molar-refractivity contribution in [1.82, 2.24) is 5.32 Å².